The van der Waals surface area contributed by atoms with Crippen molar-refractivity contribution in [3.05, 3.63) is 11.6 Å². The first-order valence-electron chi connectivity index (χ1n) is 13.9. The monoisotopic (exact) mass is 645 g/mol. The van der Waals surface area contributed by atoms with Gasteiger partial charge in [-0.1, -0.05) is 6.08 Å². The van der Waals surface area contributed by atoms with Crippen molar-refractivity contribution in [1.29, 1.82) is 0 Å². The van der Waals surface area contributed by atoms with Gasteiger partial charge in [0.25, 0.3) is 0 Å². The summed E-state index contributed by atoms with van der Waals surface area (Å²) in [6.45, 7) is -2.17. The van der Waals surface area contributed by atoms with Gasteiger partial charge in [-0.3, -0.25) is 4.79 Å². The van der Waals surface area contributed by atoms with Crippen molar-refractivity contribution in [1.82, 2.24) is 5.32 Å². The summed E-state index contributed by atoms with van der Waals surface area (Å²) in [5.74, 6) is -1.28. The molecular weight excluding hydrogens is 602 g/mol. The highest BCUT2D eigenvalue weighted by Gasteiger charge is 2.52. The molecule has 256 valence electrons. The Hall–Kier alpha value is -1.31. The minimum atomic E-state index is -2.05. The number of hydrogen-bond acceptors (Lipinski definition) is 19. The highest BCUT2D eigenvalue weighted by Crippen LogP contribution is 2.31. The van der Waals surface area contributed by atoms with Crippen molar-refractivity contribution < 1.29 is 90.1 Å². The molecule has 44 heavy (non-hydrogen) atoms. The Morgan fingerprint density at radius 1 is 0.864 bits per heavy atom. The van der Waals surface area contributed by atoms with Crippen LogP contribution in [0.2, 0.25) is 0 Å². The molecule has 15 unspecified atom stereocenters. The summed E-state index contributed by atoms with van der Waals surface area (Å²) in [6.07, 6.45) is -24.9. The second kappa shape index (κ2) is 16.0. The number of ketones is 1. The van der Waals surface area contributed by atoms with Crippen LogP contribution in [-0.2, 0) is 23.7 Å². The maximum absolute atomic E-state index is 12.3. The fourth-order valence-corrected chi connectivity index (χ4v) is 5.29. The molecule has 0 aromatic rings. The van der Waals surface area contributed by atoms with Crippen LogP contribution in [0, 0.1) is 0 Å². The third-order valence-corrected chi connectivity index (χ3v) is 7.94. The van der Waals surface area contributed by atoms with E-state index in [0.717, 1.165) is 0 Å². The average Bonchev–Trinajstić information content (AvgIpc) is 3.02. The number of nitrogens with one attached hydrogen (secondary N) is 1. The summed E-state index contributed by atoms with van der Waals surface area (Å²) >= 11 is 0. The van der Waals surface area contributed by atoms with Crippen LogP contribution >= 0.6 is 0 Å². The van der Waals surface area contributed by atoms with E-state index in [2.05, 4.69) is 5.32 Å². The van der Waals surface area contributed by atoms with Gasteiger partial charge < -0.3 is 90.6 Å². The summed E-state index contributed by atoms with van der Waals surface area (Å²) in [4.78, 5) is 12.3. The van der Waals surface area contributed by atoms with E-state index >= 15 is 0 Å². The predicted molar refractivity (Wildman–Crippen MR) is 139 cm³/mol. The van der Waals surface area contributed by atoms with Gasteiger partial charge in [-0.25, -0.2) is 0 Å². The molecule has 3 rings (SSSR count). The maximum atomic E-state index is 12.3. The van der Waals surface area contributed by atoms with Gasteiger partial charge in [-0.2, -0.15) is 0 Å². The molecule has 0 bridgehead atoms. The number of carbonyl (C=O) groups excluding carboxylic acids is 1. The van der Waals surface area contributed by atoms with E-state index in [1.54, 1.807) is 0 Å². The highest BCUT2D eigenvalue weighted by molar-refractivity contribution is 5.87. The second-order valence-electron chi connectivity index (χ2n) is 10.9. The Labute approximate surface area is 250 Å². The van der Waals surface area contributed by atoms with E-state index in [4.69, 9.17) is 24.1 Å². The molecule has 0 spiro atoms. The van der Waals surface area contributed by atoms with Crippen LogP contribution in [0.1, 0.15) is 6.92 Å². The Morgan fingerprint density at radius 3 is 2.07 bits per heavy atom. The SMILES string of the molecule is CC1OC(OC2C(CO)OC(OC(C(=O)C(O)CO)C(O)CO)C(O)C2O)C(O)C(O)C1NC1C=C(CO)[C@H](O)[C@H](O)C1O. The van der Waals surface area contributed by atoms with Gasteiger partial charge in [-0.15, -0.1) is 0 Å². The molecule has 2 heterocycles. The van der Waals surface area contributed by atoms with Crippen LogP contribution in [0.3, 0.4) is 0 Å². The van der Waals surface area contributed by atoms with E-state index < -0.39 is 136 Å². The van der Waals surface area contributed by atoms with Crippen molar-refractivity contribution in [2.75, 3.05) is 26.4 Å². The molecular formula is C25H43NO18. The first-order valence-corrected chi connectivity index (χ1v) is 13.9. The van der Waals surface area contributed by atoms with E-state index in [0.29, 0.717) is 0 Å². The summed E-state index contributed by atoms with van der Waals surface area (Å²) in [7, 11) is 0. The number of carbonyl (C=O) groups is 1. The topological polar surface area (TPSA) is 329 Å². The lowest BCUT2D eigenvalue weighted by Crippen LogP contribution is -2.68. The number of Topliss-reactive ketones (excluding diaryl/α,β-unsaturated/α-hetero) is 1. The summed E-state index contributed by atoms with van der Waals surface area (Å²) in [5.41, 5.74) is 0.00855. The molecule has 14 N–H and O–H groups in total. The molecule has 0 radical (unpaired) electrons. The third kappa shape index (κ3) is 7.79. The molecule has 0 amide bonds. The fraction of sp³-hybridized carbons (Fsp3) is 0.880. The summed E-state index contributed by atoms with van der Waals surface area (Å²) in [5, 5.41) is 134. The smallest absolute Gasteiger partial charge is 0.195 e. The maximum Gasteiger partial charge on any atom is 0.195 e. The van der Waals surface area contributed by atoms with Gasteiger partial charge >= 0.3 is 0 Å². The molecule has 0 aromatic carbocycles. The number of aliphatic hydroxyl groups is 13. The molecule has 1 aliphatic carbocycles. The zero-order valence-corrected chi connectivity index (χ0v) is 23.6. The zero-order valence-electron chi connectivity index (χ0n) is 23.6. The number of rotatable bonds is 13. The van der Waals surface area contributed by atoms with Gasteiger partial charge in [-0.05, 0) is 12.5 Å². The lowest BCUT2D eigenvalue weighted by Gasteiger charge is -2.48. The Kier molecular flexibility index (Phi) is 13.5. The quantitative estimate of drug-likeness (QED) is 0.0826. The number of aliphatic hydroxyl groups excluding tert-OH is 13. The van der Waals surface area contributed by atoms with Crippen LogP contribution < -0.4 is 5.32 Å². The Balaban J connectivity index is 1.71. The molecule has 0 aromatic heterocycles. The van der Waals surface area contributed by atoms with Crippen molar-refractivity contribution in [2.45, 2.75) is 111 Å². The largest absolute Gasteiger partial charge is 0.394 e. The van der Waals surface area contributed by atoms with Crippen molar-refractivity contribution in [3.8, 4) is 0 Å². The van der Waals surface area contributed by atoms with Crippen molar-refractivity contribution in [3.63, 3.8) is 0 Å². The first-order chi connectivity index (χ1) is 20.7. The Morgan fingerprint density at radius 2 is 1.50 bits per heavy atom. The van der Waals surface area contributed by atoms with Crippen LogP contribution in [0.4, 0.5) is 0 Å². The van der Waals surface area contributed by atoms with Crippen molar-refractivity contribution in [2.24, 2.45) is 0 Å². The zero-order chi connectivity index (χ0) is 33.0. The molecule has 3 aliphatic rings. The molecule has 17 atom stereocenters. The standard InChI is InChI=1S/C25H43NO18/c1-7-13(26-9-2-8(3-27)14(33)18(37)15(9)34)17(36)20(39)24(41-7)44-23-12(6-30)42-25(21(40)19(23)38)43-22(11(32)5-29)16(35)10(31)4-28/h2,7,9-15,17-34,36-40H,3-6H2,1H3/t7?,9?,10?,11?,12?,13?,14-,15?,17?,18-,19?,20?,21?,22?,23?,24?,25?/m0/s1. The van der Waals surface area contributed by atoms with Gasteiger partial charge in [0.15, 0.2) is 18.4 Å². The van der Waals surface area contributed by atoms with Gasteiger partial charge in [0.2, 0.25) is 0 Å². The average molecular weight is 646 g/mol. The molecule has 19 nitrogen and oxygen atoms in total. The minimum Gasteiger partial charge on any atom is -0.394 e. The Bertz CT molecular complexity index is 956. The number of hydrogen-bond donors (Lipinski definition) is 14. The van der Waals surface area contributed by atoms with Gasteiger partial charge in [0, 0.05) is 0 Å². The molecule has 2 aliphatic heterocycles. The first kappa shape index (κ1) is 37.2. The second-order valence-corrected chi connectivity index (χ2v) is 10.9. The highest BCUT2D eigenvalue weighted by atomic mass is 16.7. The van der Waals surface area contributed by atoms with Crippen molar-refractivity contribution >= 4 is 5.78 Å². The normalized spacial score (nSPS) is 43.6. The van der Waals surface area contributed by atoms with Gasteiger partial charge in [0.05, 0.1) is 44.6 Å². The van der Waals surface area contributed by atoms with Crippen LogP contribution in [-0.4, -0.2) is 203 Å². The molecule has 2 saturated heterocycles. The van der Waals surface area contributed by atoms with E-state index in [1.807, 2.05) is 0 Å². The van der Waals surface area contributed by atoms with Crippen LogP contribution in [0.15, 0.2) is 11.6 Å². The van der Waals surface area contributed by atoms with E-state index in [9.17, 15) is 66.1 Å². The summed E-state index contributed by atoms with van der Waals surface area (Å²) < 4.78 is 21.9. The molecule has 0 saturated carbocycles. The summed E-state index contributed by atoms with van der Waals surface area (Å²) in [6, 6.07) is -2.21. The lowest BCUT2D eigenvalue weighted by molar-refractivity contribution is -0.356. The van der Waals surface area contributed by atoms with Gasteiger partial charge in [0.1, 0.15) is 73.2 Å². The van der Waals surface area contributed by atoms with E-state index in [1.165, 1.54) is 13.0 Å². The predicted octanol–water partition coefficient (Wildman–Crippen LogP) is -8.72. The van der Waals surface area contributed by atoms with Crippen LogP contribution in [0.25, 0.3) is 0 Å². The van der Waals surface area contributed by atoms with Crippen LogP contribution in [0.5, 0.6) is 0 Å². The fourth-order valence-electron chi connectivity index (χ4n) is 5.29. The van der Waals surface area contributed by atoms with E-state index in [-0.39, 0.29) is 5.57 Å². The third-order valence-electron chi connectivity index (χ3n) is 7.94. The minimum absolute atomic E-state index is 0.00855. The lowest BCUT2D eigenvalue weighted by atomic mass is 9.86. The molecule has 19 heteroatoms. The molecule has 2 fully saturated rings. The number of ether oxygens (including phenoxy) is 4.